The predicted molar refractivity (Wildman–Crippen MR) is 58.0 cm³/mol. The van der Waals surface area contributed by atoms with Gasteiger partial charge in [0.2, 0.25) is 0 Å². The smallest absolute Gasteiger partial charge is 0.0546 e. The van der Waals surface area contributed by atoms with Crippen molar-refractivity contribution in [2.45, 2.75) is 46.1 Å². The molecule has 0 bridgehead atoms. The van der Waals surface area contributed by atoms with Gasteiger partial charge in [0.25, 0.3) is 0 Å². The quantitative estimate of drug-likeness (QED) is 0.589. The zero-order chi connectivity index (χ0) is 10.1. The van der Waals surface area contributed by atoms with E-state index in [1.807, 2.05) is 0 Å². The maximum Gasteiger partial charge on any atom is 0.0546 e. The maximum absolute atomic E-state index is 5.26. The van der Waals surface area contributed by atoms with Crippen LogP contribution in [0.1, 0.15) is 40.0 Å². The van der Waals surface area contributed by atoms with E-state index >= 15 is 0 Å². The van der Waals surface area contributed by atoms with Crippen molar-refractivity contribution < 1.29 is 4.74 Å². The third-order valence-corrected chi connectivity index (χ3v) is 2.50. The molecule has 0 aliphatic carbocycles. The van der Waals surface area contributed by atoms with Gasteiger partial charge >= 0.3 is 0 Å². The minimum Gasteiger partial charge on any atom is -0.382 e. The first-order chi connectivity index (χ1) is 6.24. The van der Waals surface area contributed by atoms with E-state index in [1.54, 1.807) is 7.11 Å². The van der Waals surface area contributed by atoms with Gasteiger partial charge in [-0.25, -0.2) is 0 Å². The average Bonchev–Trinajstić information content (AvgIpc) is 2.16. The number of hydrogen-bond acceptors (Lipinski definition) is 2. The largest absolute Gasteiger partial charge is 0.382 e. The van der Waals surface area contributed by atoms with Crippen LogP contribution >= 0.6 is 0 Å². The molecule has 0 aliphatic heterocycles. The summed E-state index contributed by atoms with van der Waals surface area (Å²) in [4.78, 5) is 0. The molecular weight excluding hydrogens is 162 g/mol. The summed E-state index contributed by atoms with van der Waals surface area (Å²) in [6.07, 6.45) is 4.03. The molecule has 0 fully saturated rings. The van der Waals surface area contributed by atoms with Crippen molar-refractivity contribution in [3.63, 3.8) is 0 Å². The molecule has 0 spiro atoms. The molecule has 2 atom stereocenters. The summed E-state index contributed by atoms with van der Waals surface area (Å²) in [6, 6.07) is 0. The summed E-state index contributed by atoms with van der Waals surface area (Å²) in [5, 5.41) is 3.46. The standard InChI is InChI=1S/C11H25NO/c1-5-7-12-9-11(6-2)8-10(3)13-4/h10-12H,5-9H2,1-4H3. The van der Waals surface area contributed by atoms with Crippen LogP contribution in [-0.4, -0.2) is 26.3 Å². The van der Waals surface area contributed by atoms with Crippen LogP contribution in [0.15, 0.2) is 0 Å². The molecule has 0 aliphatic rings. The lowest BCUT2D eigenvalue weighted by Gasteiger charge is -2.19. The van der Waals surface area contributed by atoms with E-state index in [4.69, 9.17) is 4.74 Å². The summed E-state index contributed by atoms with van der Waals surface area (Å²) >= 11 is 0. The highest BCUT2D eigenvalue weighted by Crippen LogP contribution is 2.11. The summed E-state index contributed by atoms with van der Waals surface area (Å²) in [6.45, 7) is 8.87. The lowest BCUT2D eigenvalue weighted by molar-refractivity contribution is 0.0940. The first kappa shape index (κ1) is 12.9. The van der Waals surface area contributed by atoms with Crippen LogP contribution in [0, 0.1) is 5.92 Å². The summed E-state index contributed by atoms with van der Waals surface area (Å²) in [5.74, 6) is 0.765. The zero-order valence-electron chi connectivity index (χ0n) is 9.60. The van der Waals surface area contributed by atoms with Crippen LogP contribution < -0.4 is 5.32 Å². The van der Waals surface area contributed by atoms with Gasteiger partial charge in [-0.3, -0.25) is 0 Å². The lowest BCUT2D eigenvalue weighted by Crippen LogP contribution is -2.26. The van der Waals surface area contributed by atoms with Crippen molar-refractivity contribution in [2.75, 3.05) is 20.2 Å². The van der Waals surface area contributed by atoms with Gasteiger partial charge in [-0.1, -0.05) is 20.3 Å². The fourth-order valence-electron chi connectivity index (χ4n) is 1.44. The molecule has 13 heavy (non-hydrogen) atoms. The highest BCUT2D eigenvalue weighted by molar-refractivity contribution is 4.64. The molecule has 0 heterocycles. The maximum atomic E-state index is 5.26. The van der Waals surface area contributed by atoms with Crippen LogP contribution in [0.2, 0.25) is 0 Å². The van der Waals surface area contributed by atoms with Gasteiger partial charge in [-0.15, -0.1) is 0 Å². The van der Waals surface area contributed by atoms with Crippen LogP contribution in [0.25, 0.3) is 0 Å². The minimum atomic E-state index is 0.397. The fraction of sp³-hybridized carbons (Fsp3) is 1.00. The highest BCUT2D eigenvalue weighted by Gasteiger charge is 2.09. The molecule has 2 unspecified atom stereocenters. The summed E-state index contributed by atoms with van der Waals surface area (Å²) in [7, 11) is 1.79. The normalized spacial score (nSPS) is 15.7. The van der Waals surface area contributed by atoms with Crippen molar-refractivity contribution in [1.82, 2.24) is 5.32 Å². The average molecular weight is 187 g/mol. The monoisotopic (exact) mass is 187 g/mol. The van der Waals surface area contributed by atoms with Crippen LogP contribution in [0.3, 0.4) is 0 Å². The Morgan fingerprint density at radius 1 is 1.31 bits per heavy atom. The SMILES string of the molecule is CCCNCC(CC)CC(C)OC. The lowest BCUT2D eigenvalue weighted by atomic mass is 9.99. The van der Waals surface area contributed by atoms with Crippen molar-refractivity contribution >= 4 is 0 Å². The van der Waals surface area contributed by atoms with Gasteiger partial charge in [-0.05, 0) is 38.8 Å². The van der Waals surface area contributed by atoms with Crippen LogP contribution in [-0.2, 0) is 4.74 Å². The number of methoxy groups -OCH3 is 1. The van der Waals surface area contributed by atoms with E-state index in [1.165, 1.54) is 19.3 Å². The third kappa shape index (κ3) is 7.03. The molecule has 2 nitrogen and oxygen atoms in total. The fourth-order valence-corrected chi connectivity index (χ4v) is 1.44. The van der Waals surface area contributed by atoms with Crippen molar-refractivity contribution in [2.24, 2.45) is 5.92 Å². The van der Waals surface area contributed by atoms with Gasteiger partial charge in [0.15, 0.2) is 0 Å². The van der Waals surface area contributed by atoms with E-state index in [2.05, 4.69) is 26.1 Å². The molecule has 0 saturated heterocycles. The van der Waals surface area contributed by atoms with E-state index < -0.39 is 0 Å². The Kier molecular flexibility index (Phi) is 8.46. The Hall–Kier alpha value is -0.0800. The second-order valence-corrected chi connectivity index (χ2v) is 3.76. The predicted octanol–water partition coefficient (Wildman–Crippen LogP) is 2.44. The number of hydrogen-bond donors (Lipinski definition) is 1. The van der Waals surface area contributed by atoms with E-state index in [0.29, 0.717) is 6.10 Å². The molecule has 0 rings (SSSR count). The number of nitrogens with one attached hydrogen (secondary N) is 1. The second kappa shape index (κ2) is 8.52. The first-order valence-electron chi connectivity index (χ1n) is 5.48. The molecule has 0 aromatic heterocycles. The third-order valence-electron chi connectivity index (χ3n) is 2.50. The molecule has 1 N–H and O–H groups in total. The Morgan fingerprint density at radius 3 is 2.46 bits per heavy atom. The van der Waals surface area contributed by atoms with Crippen LogP contribution in [0.4, 0.5) is 0 Å². The van der Waals surface area contributed by atoms with Crippen molar-refractivity contribution in [1.29, 1.82) is 0 Å². The van der Waals surface area contributed by atoms with Gasteiger partial charge in [0, 0.05) is 7.11 Å². The van der Waals surface area contributed by atoms with E-state index in [0.717, 1.165) is 19.0 Å². The van der Waals surface area contributed by atoms with Gasteiger partial charge in [0.1, 0.15) is 0 Å². The molecular formula is C11H25NO. The van der Waals surface area contributed by atoms with E-state index in [-0.39, 0.29) is 0 Å². The van der Waals surface area contributed by atoms with Crippen LogP contribution in [0.5, 0.6) is 0 Å². The first-order valence-corrected chi connectivity index (χ1v) is 5.48. The highest BCUT2D eigenvalue weighted by atomic mass is 16.5. The molecule has 80 valence electrons. The molecule has 0 amide bonds. The van der Waals surface area contributed by atoms with Gasteiger partial charge in [-0.2, -0.15) is 0 Å². The van der Waals surface area contributed by atoms with Crippen molar-refractivity contribution in [3.8, 4) is 0 Å². The van der Waals surface area contributed by atoms with Crippen molar-refractivity contribution in [3.05, 3.63) is 0 Å². The topological polar surface area (TPSA) is 21.3 Å². The van der Waals surface area contributed by atoms with Gasteiger partial charge in [0.05, 0.1) is 6.10 Å². The Labute approximate surface area is 83.1 Å². The van der Waals surface area contributed by atoms with E-state index in [9.17, 15) is 0 Å². The minimum absolute atomic E-state index is 0.397. The molecule has 0 aromatic carbocycles. The molecule has 2 heteroatoms. The number of ether oxygens (including phenoxy) is 1. The summed E-state index contributed by atoms with van der Waals surface area (Å²) in [5.41, 5.74) is 0. The zero-order valence-corrected chi connectivity index (χ0v) is 9.60. The Morgan fingerprint density at radius 2 is 2.00 bits per heavy atom. The number of rotatable bonds is 8. The van der Waals surface area contributed by atoms with Gasteiger partial charge < -0.3 is 10.1 Å². The molecule has 0 aromatic rings. The Bertz CT molecular complexity index is 106. The second-order valence-electron chi connectivity index (χ2n) is 3.76. The molecule has 0 radical (unpaired) electrons. The summed E-state index contributed by atoms with van der Waals surface area (Å²) < 4.78 is 5.26. The molecule has 0 saturated carbocycles. The Balaban J connectivity index is 3.50.